The fraction of sp³-hybridized carbons (Fsp3) is 0.250. The van der Waals surface area contributed by atoms with Crippen molar-refractivity contribution in [2.45, 2.75) is 18.9 Å². The molecule has 0 spiro atoms. The first kappa shape index (κ1) is 14.0. The van der Waals surface area contributed by atoms with Crippen LogP contribution in [0, 0.1) is 5.82 Å². The minimum Gasteiger partial charge on any atom is -0.304 e. The number of hydrogen-bond acceptors (Lipinski definition) is 1. The van der Waals surface area contributed by atoms with Crippen molar-refractivity contribution in [3.63, 3.8) is 0 Å². The summed E-state index contributed by atoms with van der Waals surface area (Å²) in [6.07, 6.45) is 1.05. The molecule has 1 atom stereocenters. The van der Waals surface area contributed by atoms with E-state index in [1.165, 1.54) is 23.3 Å². The summed E-state index contributed by atoms with van der Waals surface area (Å²) in [6, 6.07) is 15.3. The van der Waals surface area contributed by atoms with E-state index in [4.69, 9.17) is 0 Å². The smallest absolute Gasteiger partial charge is 0.123 e. The molecule has 2 aromatic rings. The topological polar surface area (TPSA) is 12.0 Å². The summed E-state index contributed by atoms with van der Waals surface area (Å²) >= 11 is 0. The molecule has 3 rings (SSSR count). The number of benzene rings is 2. The van der Waals surface area contributed by atoms with Gasteiger partial charge in [-0.2, -0.15) is 0 Å². The Bertz CT molecular complexity index is 567. The Morgan fingerprint density at radius 3 is 2.47 bits per heavy atom. The second kappa shape index (κ2) is 5.32. The van der Waals surface area contributed by atoms with Crippen LogP contribution >= 0.6 is 12.4 Å². The lowest BCUT2D eigenvalue weighted by Gasteiger charge is -2.37. The van der Waals surface area contributed by atoms with Gasteiger partial charge in [-0.3, -0.25) is 0 Å². The lowest BCUT2D eigenvalue weighted by molar-refractivity contribution is 0.414. The lowest BCUT2D eigenvalue weighted by atomic mass is 9.79. The number of nitrogens with one attached hydrogen (secondary N) is 1. The number of fused-ring (bicyclic) bond motifs is 1. The Morgan fingerprint density at radius 2 is 1.74 bits per heavy atom. The van der Waals surface area contributed by atoms with Gasteiger partial charge in [0.1, 0.15) is 5.82 Å². The molecule has 1 heterocycles. The van der Waals surface area contributed by atoms with Crippen molar-refractivity contribution in [3.8, 4) is 0 Å². The number of halogens is 2. The highest BCUT2D eigenvalue weighted by atomic mass is 35.5. The largest absolute Gasteiger partial charge is 0.304 e. The lowest BCUT2D eigenvalue weighted by Crippen LogP contribution is -2.45. The summed E-state index contributed by atoms with van der Waals surface area (Å²) in [5.41, 5.74) is 3.56. The van der Waals surface area contributed by atoms with Crippen LogP contribution < -0.4 is 5.32 Å². The third-order valence-electron chi connectivity index (χ3n) is 3.85. The molecule has 1 aliphatic rings. The molecule has 2 aromatic carbocycles. The standard InChI is InChI=1S/C16H16FN.ClH/c1-16(13-6-8-14(17)9-7-13)15-5-3-2-4-12(15)10-11-18-16;/h2-9,18H,10-11H2,1H3;1H. The zero-order chi connectivity index (χ0) is 12.6. The highest BCUT2D eigenvalue weighted by molar-refractivity contribution is 5.85. The van der Waals surface area contributed by atoms with Crippen molar-refractivity contribution in [1.82, 2.24) is 5.32 Å². The van der Waals surface area contributed by atoms with E-state index in [-0.39, 0.29) is 23.8 Å². The fourth-order valence-corrected chi connectivity index (χ4v) is 2.81. The Kier molecular flexibility index (Phi) is 3.93. The Labute approximate surface area is 119 Å². The molecule has 19 heavy (non-hydrogen) atoms. The first-order valence-corrected chi connectivity index (χ1v) is 6.29. The van der Waals surface area contributed by atoms with E-state index in [0.717, 1.165) is 18.5 Å². The molecule has 0 bridgehead atoms. The minimum absolute atomic E-state index is 0. The van der Waals surface area contributed by atoms with Gasteiger partial charge in [-0.25, -0.2) is 4.39 Å². The van der Waals surface area contributed by atoms with Crippen LogP contribution in [0.3, 0.4) is 0 Å². The quantitative estimate of drug-likeness (QED) is 0.839. The Morgan fingerprint density at radius 1 is 1.05 bits per heavy atom. The summed E-state index contributed by atoms with van der Waals surface area (Å²) in [6.45, 7) is 3.11. The van der Waals surface area contributed by atoms with Crippen molar-refractivity contribution < 1.29 is 4.39 Å². The van der Waals surface area contributed by atoms with Gasteiger partial charge in [0.25, 0.3) is 0 Å². The molecule has 0 aliphatic carbocycles. The highest BCUT2D eigenvalue weighted by Crippen LogP contribution is 2.34. The third kappa shape index (κ3) is 2.38. The van der Waals surface area contributed by atoms with Gasteiger partial charge in [-0.15, -0.1) is 12.4 Å². The first-order valence-electron chi connectivity index (χ1n) is 6.29. The molecule has 1 nitrogen and oxygen atoms in total. The number of hydrogen-bond donors (Lipinski definition) is 1. The maximum atomic E-state index is 13.1. The molecule has 0 saturated heterocycles. The van der Waals surface area contributed by atoms with E-state index < -0.39 is 0 Å². The third-order valence-corrected chi connectivity index (χ3v) is 3.85. The molecule has 3 heteroatoms. The van der Waals surface area contributed by atoms with Crippen LogP contribution in [0.25, 0.3) is 0 Å². The average molecular weight is 278 g/mol. The summed E-state index contributed by atoms with van der Waals surface area (Å²) in [4.78, 5) is 0. The molecule has 1 aliphatic heterocycles. The van der Waals surface area contributed by atoms with Gasteiger partial charge in [0.2, 0.25) is 0 Å². The van der Waals surface area contributed by atoms with E-state index in [0.29, 0.717) is 0 Å². The van der Waals surface area contributed by atoms with Crippen molar-refractivity contribution in [2.75, 3.05) is 6.54 Å². The summed E-state index contributed by atoms with van der Waals surface area (Å²) in [7, 11) is 0. The second-order valence-electron chi connectivity index (χ2n) is 4.97. The SMILES string of the molecule is CC1(c2ccc(F)cc2)NCCc2ccccc21.Cl. The molecular weight excluding hydrogens is 261 g/mol. The Balaban J connectivity index is 0.00000133. The maximum Gasteiger partial charge on any atom is 0.123 e. The molecule has 0 aromatic heterocycles. The minimum atomic E-state index is -0.220. The van der Waals surface area contributed by atoms with Crippen LogP contribution in [0.5, 0.6) is 0 Å². The van der Waals surface area contributed by atoms with Gasteiger partial charge in [-0.1, -0.05) is 36.4 Å². The predicted octanol–water partition coefficient (Wildman–Crippen LogP) is 3.66. The van der Waals surface area contributed by atoms with Gasteiger partial charge in [0.15, 0.2) is 0 Å². The van der Waals surface area contributed by atoms with Crippen LogP contribution in [0.4, 0.5) is 4.39 Å². The molecule has 0 radical (unpaired) electrons. The molecular formula is C16H17ClFN. The van der Waals surface area contributed by atoms with E-state index in [2.05, 4.69) is 36.5 Å². The van der Waals surface area contributed by atoms with Gasteiger partial charge >= 0.3 is 0 Å². The first-order chi connectivity index (χ1) is 8.70. The Hall–Kier alpha value is -1.38. The van der Waals surface area contributed by atoms with Crippen molar-refractivity contribution in [3.05, 3.63) is 71.0 Å². The van der Waals surface area contributed by atoms with Crippen LogP contribution in [0.2, 0.25) is 0 Å². The predicted molar refractivity (Wildman–Crippen MR) is 78.3 cm³/mol. The van der Waals surface area contributed by atoms with Crippen molar-refractivity contribution in [1.29, 1.82) is 0 Å². The maximum absolute atomic E-state index is 13.1. The van der Waals surface area contributed by atoms with Gasteiger partial charge < -0.3 is 5.32 Å². The van der Waals surface area contributed by atoms with E-state index in [1.807, 2.05) is 12.1 Å². The van der Waals surface area contributed by atoms with E-state index in [9.17, 15) is 4.39 Å². The molecule has 0 saturated carbocycles. The molecule has 100 valence electrons. The summed E-state index contributed by atoms with van der Waals surface area (Å²) in [5.74, 6) is -0.188. The average Bonchev–Trinajstić information content (AvgIpc) is 2.40. The van der Waals surface area contributed by atoms with Crippen LogP contribution in [-0.4, -0.2) is 6.54 Å². The second-order valence-corrected chi connectivity index (χ2v) is 4.97. The van der Waals surface area contributed by atoms with Crippen molar-refractivity contribution in [2.24, 2.45) is 0 Å². The summed E-state index contributed by atoms with van der Waals surface area (Å²) in [5, 5.41) is 3.56. The monoisotopic (exact) mass is 277 g/mol. The normalized spacial score (nSPS) is 21.4. The van der Waals surface area contributed by atoms with E-state index >= 15 is 0 Å². The molecule has 1 unspecified atom stereocenters. The molecule has 0 fully saturated rings. The zero-order valence-electron chi connectivity index (χ0n) is 10.8. The fourth-order valence-electron chi connectivity index (χ4n) is 2.81. The van der Waals surface area contributed by atoms with Gasteiger partial charge in [-0.05, 0) is 42.2 Å². The molecule has 0 amide bonds. The van der Waals surface area contributed by atoms with Crippen LogP contribution in [0.15, 0.2) is 48.5 Å². The van der Waals surface area contributed by atoms with Crippen LogP contribution in [0.1, 0.15) is 23.6 Å². The highest BCUT2D eigenvalue weighted by Gasteiger charge is 2.32. The van der Waals surface area contributed by atoms with Crippen molar-refractivity contribution >= 4 is 12.4 Å². The van der Waals surface area contributed by atoms with E-state index in [1.54, 1.807) is 0 Å². The van der Waals surface area contributed by atoms with Gasteiger partial charge in [0.05, 0.1) is 5.54 Å². The zero-order valence-corrected chi connectivity index (χ0v) is 11.6. The van der Waals surface area contributed by atoms with Crippen LogP contribution in [-0.2, 0) is 12.0 Å². The number of rotatable bonds is 1. The summed E-state index contributed by atoms with van der Waals surface area (Å²) < 4.78 is 13.1. The molecule has 1 N–H and O–H groups in total. The van der Waals surface area contributed by atoms with Gasteiger partial charge in [0, 0.05) is 6.54 Å².